The lowest BCUT2D eigenvalue weighted by Gasteiger charge is -2.57. The van der Waals surface area contributed by atoms with Gasteiger partial charge in [0.05, 0.1) is 18.3 Å². The zero-order valence-electron chi connectivity index (χ0n) is 22.8. The van der Waals surface area contributed by atoms with Crippen LogP contribution in [0.15, 0.2) is 47.5 Å². The minimum Gasteiger partial charge on any atom is -0.496 e. The maximum atomic E-state index is 5.85. The average Bonchev–Trinajstić information content (AvgIpc) is 2.84. The molecule has 0 amide bonds. The monoisotopic (exact) mass is 482 g/mol. The Kier molecular flexibility index (Phi) is 5.81. The van der Waals surface area contributed by atoms with Crippen LogP contribution in [0.4, 0.5) is 11.4 Å². The van der Waals surface area contributed by atoms with E-state index in [9.17, 15) is 0 Å². The normalized spacial score (nSPS) is 30.0. The molecule has 36 heavy (non-hydrogen) atoms. The first kappa shape index (κ1) is 23.8. The summed E-state index contributed by atoms with van der Waals surface area (Å²) in [6, 6.07) is 13.7. The molecule has 0 radical (unpaired) electrons. The van der Waals surface area contributed by atoms with Crippen molar-refractivity contribution in [2.75, 3.05) is 18.6 Å². The molecule has 3 nitrogen and oxygen atoms in total. The number of allylic oxidation sites excluding steroid dienone is 1. The first-order valence-corrected chi connectivity index (χ1v) is 14.1. The van der Waals surface area contributed by atoms with Gasteiger partial charge in [0.2, 0.25) is 0 Å². The first-order valence-electron chi connectivity index (χ1n) is 14.1. The second kappa shape index (κ2) is 8.78. The Morgan fingerprint density at radius 1 is 1.00 bits per heavy atom. The third-order valence-electron chi connectivity index (χ3n) is 9.65. The molecule has 0 unspecified atom stereocenters. The molecule has 0 aromatic heterocycles. The predicted octanol–water partition coefficient (Wildman–Crippen LogP) is 8.33. The molecule has 2 aromatic carbocycles. The summed E-state index contributed by atoms with van der Waals surface area (Å²) in [6.45, 7) is 10.1. The van der Waals surface area contributed by atoms with Gasteiger partial charge in [0.15, 0.2) is 0 Å². The molecule has 2 aromatic rings. The maximum absolute atomic E-state index is 5.85. The van der Waals surface area contributed by atoms with E-state index >= 15 is 0 Å². The highest BCUT2D eigenvalue weighted by molar-refractivity contribution is 5.92. The van der Waals surface area contributed by atoms with Gasteiger partial charge >= 0.3 is 0 Å². The van der Waals surface area contributed by atoms with Gasteiger partial charge in [-0.3, -0.25) is 4.99 Å². The van der Waals surface area contributed by atoms with Gasteiger partial charge in [-0.05, 0) is 118 Å². The van der Waals surface area contributed by atoms with E-state index in [1.807, 2.05) is 6.21 Å². The van der Waals surface area contributed by atoms with Crippen molar-refractivity contribution in [3.05, 3.63) is 59.2 Å². The predicted molar refractivity (Wildman–Crippen MR) is 152 cm³/mol. The highest BCUT2D eigenvalue weighted by Gasteiger charge is 2.51. The third kappa shape index (κ3) is 3.99. The van der Waals surface area contributed by atoms with Crippen molar-refractivity contribution < 1.29 is 4.74 Å². The molecule has 4 aliphatic carbocycles. The van der Waals surface area contributed by atoms with Crippen LogP contribution in [0.3, 0.4) is 0 Å². The molecule has 5 aliphatic rings. The van der Waals surface area contributed by atoms with Gasteiger partial charge in [-0.2, -0.15) is 0 Å². The molecule has 1 heterocycles. The van der Waals surface area contributed by atoms with Gasteiger partial charge in [0, 0.05) is 35.6 Å². The summed E-state index contributed by atoms with van der Waals surface area (Å²) in [6.07, 6.45) is 14.2. The van der Waals surface area contributed by atoms with Crippen molar-refractivity contribution in [3.8, 4) is 5.75 Å². The van der Waals surface area contributed by atoms with E-state index in [2.05, 4.69) is 75.1 Å². The fraction of sp³-hybridized carbons (Fsp3) is 0.545. The van der Waals surface area contributed by atoms with Gasteiger partial charge in [-0.25, -0.2) is 0 Å². The Hall–Kier alpha value is -2.55. The van der Waals surface area contributed by atoms with Crippen LogP contribution in [-0.4, -0.2) is 25.4 Å². The summed E-state index contributed by atoms with van der Waals surface area (Å²) < 4.78 is 5.85. The molecule has 4 bridgehead atoms. The average molecular weight is 483 g/mol. The van der Waals surface area contributed by atoms with E-state index in [0.717, 1.165) is 47.7 Å². The van der Waals surface area contributed by atoms with Crippen LogP contribution in [0, 0.1) is 17.8 Å². The van der Waals surface area contributed by atoms with Crippen molar-refractivity contribution in [1.82, 2.24) is 0 Å². The van der Waals surface area contributed by atoms with Gasteiger partial charge in [-0.15, -0.1) is 0 Å². The maximum Gasteiger partial charge on any atom is 0.129 e. The van der Waals surface area contributed by atoms with E-state index in [-0.39, 0.29) is 5.54 Å². The Balaban J connectivity index is 1.27. The quantitative estimate of drug-likeness (QED) is 0.387. The van der Waals surface area contributed by atoms with Gasteiger partial charge in [-0.1, -0.05) is 25.1 Å². The highest BCUT2D eigenvalue weighted by Crippen LogP contribution is 2.60. The van der Waals surface area contributed by atoms with E-state index in [1.165, 1.54) is 55.3 Å². The molecule has 3 heteroatoms. The minimum atomic E-state index is -0.00779. The second-order valence-electron chi connectivity index (χ2n) is 12.7. The second-order valence-corrected chi connectivity index (χ2v) is 12.7. The fourth-order valence-corrected chi connectivity index (χ4v) is 8.54. The number of rotatable bonds is 6. The van der Waals surface area contributed by atoms with Crippen LogP contribution < -0.4 is 9.64 Å². The Morgan fingerprint density at radius 2 is 1.64 bits per heavy atom. The lowest BCUT2D eigenvalue weighted by atomic mass is 9.48. The number of hydrogen-bond acceptors (Lipinski definition) is 3. The van der Waals surface area contributed by atoms with Crippen LogP contribution >= 0.6 is 0 Å². The molecule has 190 valence electrons. The van der Waals surface area contributed by atoms with E-state index in [0.29, 0.717) is 5.41 Å². The molecular weight excluding hydrogens is 440 g/mol. The Labute approximate surface area is 217 Å². The summed E-state index contributed by atoms with van der Waals surface area (Å²) in [7, 11) is 1.76. The number of aliphatic imine (C=N–C) groups is 1. The topological polar surface area (TPSA) is 24.8 Å². The number of methoxy groups -OCH3 is 1. The fourth-order valence-electron chi connectivity index (χ4n) is 8.54. The standard InChI is InChI=1S/C33H42N2O/c1-6-11-35-30-16-31(36-5)26(15-29(30)22(2)17-32(35,3)4)21-34-28-9-7-27(8-10-28)33-18-23-12-24(19-33)14-25(13-23)20-33/h7-10,15-17,21,23-25H,6,11-14,18-20H2,1-5H3. The molecular formula is C33H42N2O. The molecule has 7 rings (SSSR count). The number of anilines is 1. The highest BCUT2D eigenvalue weighted by atomic mass is 16.5. The summed E-state index contributed by atoms with van der Waals surface area (Å²) in [5.41, 5.74) is 7.91. The zero-order valence-corrected chi connectivity index (χ0v) is 22.8. The van der Waals surface area contributed by atoms with Crippen molar-refractivity contribution in [1.29, 1.82) is 0 Å². The number of benzene rings is 2. The Morgan fingerprint density at radius 3 is 2.22 bits per heavy atom. The molecule has 0 N–H and O–H groups in total. The van der Waals surface area contributed by atoms with Crippen molar-refractivity contribution in [3.63, 3.8) is 0 Å². The van der Waals surface area contributed by atoms with E-state index in [1.54, 1.807) is 12.7 Å². The smallest absolute Gasteiger partial charge is 0.129 e. The summed E-state index contributed by atoms with van der Waals surface area (Å²) >= 11 is 0. The van der Waals surface area contributed by atoms with Crippen molar-refractivity contribution in [2.24, 2.45) is 22.7 Å². The number of fused-ring (bicyclic) bond motifs is 1. The SMILES string of the molecule is CCCN1c2cc(OC)c(C=Nc3ccc(C45CC6CC(CC(C6)C4)C5)cc3)cc2C(C)=CC1(C)C. The molecule has 0 spiro atoms. The third-order valence-corrected chi connectivity index (χ3v) is 9.65. The summed E-state index contributed by atoms with van der Waals surface area (Å²) in [5, 5.41) is 0. The van der Waals surface area contributed by atoms with Crippen LogP contribution in [-0.2, 0) is 5.41 Å². The van der Waals surface area contributed by atoms with Gasteiger partial charge < -0.3 is 9.64 Å². The zero-order chi connectivity index (χ0) is 25.1. The van der Waals surface area contributed by atoms with Gasteiger partial charge in [0.25, 0.3) is 0 Å². The van der Waals surface area contributed by atoms with Crippen molar-refractivity contribution >= 4 is 23.2 Å². The Bertz CT molecular complexity index is 1170. The summed E-state index contributed by atoms with van der Waals surface area (Å²) in [4.78, 5) is 7.39. The van der Waals surface area contributed by atoms with Crippen molar-refractivity contribution in [2.45, 2.75) is 83.6 Å². The first-order chi connectivity index (χ1) is 17.3. The van der Waals surface area contributed by atoms with E-state index < -0.39 is 0 Å². The molecule has 4 fully saturated rings. The van der Waals surface area contributed by atoms with Crippen LogP contribution in [0.2, 0.25) is 0 Å². The summed E-state index contributed by atoms with van der Waals surface area (Å²) in [5.74, 6) is 3.81. The molecule has 0 atom stereocenters. The number of ether oxygens (including phenoxy) is 1. The van der Waals surface area contributed by atoms with E-state index in [4.69, 9.17) is 9.73 Å². The minimum absolute atomic E-state index is 0.00779. The number of nitrogens with zero attached hydrogens (tertiary/aromatic N) is 2. The molecule has 4 saturated carbocycles. The van der Waals surface area contributed by atoms with Gasteiger partial charge in [0.1, 0.15) is 5.75 Å². The lowest BCUT2D eigenvalue weighted by molar-refractivity contribution is -0.00518. The molecule has 0 saturated heterocycles. The lowest BCUT2D eigenvalue weighted by Crippen LogP contribution is -2.48. The van der Waals surface area contributed by atoms with Crippen LogP contribution in [0.5, 0.6) is 5.75 Å². The van der Waals surface area contributed by atoms with Crippen LogP contribution in [0.1, 0.15) is 89.3 Å². The number of hydrogen-bond donors (Lipinski definition) is 0. The van der Waals surface area contributed by atoms with Crippen LogP contribution in [0.25, 0.3) is 5.57 Å². The molecule has 1 aliphatic heterocycles. The largest absolute Gasteiger partial charge is 0.496 e.